The summed E-state index contributed by atoms with van der Waals surface area (Å²) in [4.78, 5) is 5.32. The number of ether oxygens (including phenoxy) is 3. The molecule has 0 saturated carbocycles. The third kappa shape index (κ3) is 3.59. The van der Waals surface area contributed by atoms with E-state index in [2.05, 4.69) is 5.16 Å². The minimum absolute atomic E-state index is 0.169. The van der Waals surface area contributed by atoms with Crippen LogP contribution in [0.1, 0.15) is 18.1 Å². The molecular weight excluding hydrogens is 313 g/mol. The molecule has 0 atom stereocenters. The Bertz CT molecular complexity index is 761. The maximum Gasteiger partial charge on any atom is 0.165 e. The molecule has 6 heteroatoms. The molecule has 2 aromatic carbocycles. The fourth-order valence-electron chi connectivity index (χ4n) is 2.32. The molecule has 0 bridgehead atoms. The van der Waals surface area contributed by atoms with Gasteiger partial charge in [0.15, 0.2) is 23.1 Å². The van der Waals surface area contributed by atoms with Gasteiger partial charge in [-0.15, -0.1) is 0 Å². The molecule has 0 saturated heterocycles. The predicted molar refractivity (Wildman–Crippen MR) is 87.4 cm³/mol. The third-order valence-electron chi connectivity index (χ3n) is 3.61. The lowest BCUT2D eigenvalue weighted by molar-refractivity contribution is 0.130. The molecule has 0 radical (unpaired) electrons. The number of hydrogen-bond donors (Lipinski definition) is 0. The summed E-state index contributed by atoms with van der Waals surface area (Å²) in [5.74, 6) is 1.21. The van der Waals surface area contributed by atoms with E-state index in [1.54, 1.807) is 12.1 Å². The minimum atomic E-state index is -0.425. The highest BCUT2D eigenvalue weighted by molar-refractivity contribution is 5.98. The summed E-state index contributed by atoms with van der Waals surface area (Å²) in [7, 11) is 1.43. The van der Waals surface area contributed by atoms with Gasteiger partial charge in [-0.25, -0.2) is 4.39 Å². The van der Waals surface area contributed by atoms with Crippen molar-refractivity contribution in [1.29, 1.82) is 0 Å². The molecular formula is C18H18FNO4. The van der Waals surface area contributed by atoms with Gasteiger partial charge in [-0.3, -0.25) is 0 Å². The fraction of sp³-hybridized carbons (Fsp3) is 0.278. The molecule has 1 aliphatic rings. The van der Waals surface area contributed by atoms with E-state index in [1.165, 1.54) is 13.2 Å². The van der Waals surface area contributed by atoms with E-state index in [0.717, 1.165) is 11.3 Å². The number of hydrogen-bond acceptors (Lipinski definition) is 5. The maximum atomic E-state index is 13.6. The summed E-state index contributed by atoms with van der Waals surface area (Å²) >= 11 is 0. The Morgan fingerprint density at radius 2 is 1.92 bits per heavy atom. The molecule has 0 unspecified atom stereocenters. The second kappa shape index (κ2) is 7.21. The summed E-state index contributed by atoms with van der Waals surface area (Å²) in [6.45, 7) is 3.09. The number of rotatable bonds is 5. The van der Waals surface area contributed by atoms with Crippen molar-refractivity contribution in [2.75, 3.05) is 20.3 Å². The van der Waals surface area contributed by atoms with Crippen LogP contribution in [0.3, 0.4) is 0 Å². The van der Waals surface area contributed by atoms with E-state index in [9.17, 15) is 4.39 Å². The average molecular weight is 331 g/mol. The number of oxime groups is 1. The molecule has 3 rings (SSSR count). The summed E-state index contributed by atoms with van der Waals surface area (Å²) in [5.41, 5.74) is 2.24. The molecule has 0 amide bonds. The largest absolute Gasteiger partial charge is 0.494 e. The Hall–Kier alpha value is -2.76. The Kier molecular flexibility index (Phi) is 4.84. The normalized spacial score (nSPS) is 13.5. The average Bonchev–Trinajstić information content (AvgIpc) is 2.61. The monoisotopic (exact) mass is 331 g/mol. The number of nitrogens with zero attached hydrogens (tertiary/aromatic N) is 1. The van der Waals surface area contributed by atoms with Gasteiger partial charge in [0.25, 0.3) is 0 Å². The van der Waals surface area contributed by atoms with Crippen LogP contribution >= 0.6 is 0 Å². The first-order valence-electron chi connectivity index (χ1n) is 7.56. The van der Waals surface area contributed by atoms with Gasteiger partial charge < -0.3 is 19.0 Å². The first kappa shape index (κ1) is 16.1. The van der Waals surface area contributed by atoms with Crippen LogP contribution in [-0.2, 0) is 11.4 Å². The van der Waals surface area contributed by atoms with Gasteiger partial charge in [0.05, 0.1) is 12.8 Å². The summed E-state index contributed by atoms with van der Waals surface area (Å²) in [6, 6.07) is 10.3. The van der Waals surface area contributed by atoms with Crippen molar-refractivity contribution in [1.82, 2.24) is 0 Å². The topological polar surface area (TPSA) is 49.3 Å². The smallest absolute Gasteiger partial charge is 0.165 e. The molecule has 126 valence electrons. The van der Waals surface area contributed by atoms with Crippen molar-refractivity contribution in [3.05, 3.63) is 53.3 Å². The number of fused-ring (bicyclic) bond motifs is 1. The van der Waals surface area contributed by atoms with E-state index >= 15 is 0 Å². The highest BCUT2D eigenvalue weighted by atomic mass is 19.1. The van der Waals surface area contributed by atoms with Crippen molar-refractivity contribution in [3.8, 4) is 17.2 Å². The quantitative estimate of drug-likeness (QED) is 0.621. The first-order chi connectivity index (χ1) is 11.7. The van der Waals surface area contributed by atoms with Crippen molar-refractivity contribution >= 4 is 5.71 Å². The van der Waals surface area contributed by atoms with Gasteiger partial charge >= 0.3 is 0 Å². The van der Waals surface area contributed by atoms with Gasteiger partial charge in [0, 0.05) is 5.56 Å². The molecule has 0 fully saturated rings. The lowest BCUT2D eigenvalue weighted by atomic mass is 10.1. The third-order valence-corrected chi connectivity index (χ3v) is 3.61. The second-order valence-corrected chi connectivity index (χ2v) is 5.28. The van der Waals surface area contributed by atoms with Crippen LogP contribution < -0.4 is 14.2 Å². The lowest BCUT2D eigenvalue weighted by Gasteiger charge is -2.18. The number of benzene rings is 2. The van der Waals surface area contributed by atoms with Gasteiger partial charge in [0.2, 0.25) is 0 Å². The van der Waals surface area contributed by atoms with E-state index in [-0.39, 0.29) is 12.4 Å². The van der Waals surface area contributed by atoms with Crippen molar-refractivity contribution < 1.29 is 23.4 Å². The van der Waals surface area contributed by atoms with Crippen molar-refractivity contribution in [2.24, 2.45) is 5.16 Å². The predicted octanol–water partition coefficient (Wildman–Crippen LogP) is 3.55. The summed E-state index contributed by atoms with van der Waals surface area (Å²) < 4.78 is 29.5. The van der Waals surface area contributed by atoms with Crippen molar-refractivity contribution in [2.45, 2.75) is 13.5 Å². The van der Waals surface area contributed by atoms with Crippen LogP contribution in [0, 0.1) is 5.82 Å². The van der Waals surface area contributed by atoms with E-state index in [4.69, 9.17) is 19.0 Å². The second-order valence-electron chi connectivity index (χ2n) is 5.28. The number of halogens is 1. The summed E-state index contributed by atoms with van der Waals surface area (Å²) in [5, 5.41) is 4.08. The first-order valence-corrected chi connectivity index (χ1v) is 7.56. The molecule has 0 aromatic heterocycles. The molecule has 1 heterocycles. The number of methoxy groups -OCH3 is 1. The zero-order valence-corrected chi connectivity index (χ0v) is 13.5. The van der Waals surface area contributed by atoms with Gasteiger partial charge in [0.1, 0.15) is 19.8 Å². The molecule has 0 N–H and O–H groups in total. The van der Waals surface area contributed by atoms with Crippen molar-refractivity contribution in [3.63, 3.8) is 0 Å². The molecule has 1 aliphatic heterocycles. The fourth-order valence-corrected chi connectivity index (χ4v) is 2.32. The summed E-state index contributed by atoms with van der Waals surface area (Å²) in [6.07, 6.45) is 0. The maximum absolute atomic E-state index is 13.6. The van der Waals surface area contributed by atoms with Gasteiger partial charge in [-0.05, 0) is 42.8 Å². The SMILES string of the molecule is COc1ccc(CO/N=C(/C)c2ccc3c(c2)OCCO3)cc1F. The molecule has 5 nitrogen and oxygen atoms in total. The minimum Gasteiger partial charge on any atom is -0.494 e. The van der Waals surface area contributed by atoms with Crippen LogP contribution in [0.25, 0.3) is 0 Å². The van der Waals surface area contributed by atoms with Gasteiger partial charge in [-0.1, -0.05) is 11.2 Å². The van der Waals surface area contributed by atoms with Crippen LogP contribution in [-0.4, -0.2) is 26.0 Å². The molecule has 0 spiro atoms. The Balaban J connectivity index is 1.65. The standard InChI is InChI=1S/C18H18FNO4/c1-12(14-4-6-17-18(10-14)23-8-7-22-17)20-24-11-13-3-5-16(21-2)15(19)9-13/h3-6,9-10H,7-8,11H2,1-2H3/b20-12-. The molecule has 2 aromatic rings. The van der Waals surface area contributed by atoms with E-state index < -0.39 is 5.82 Å². The Labute approximate surface area is 139 Å². The molecule has 0 aliphatic carbocycles. The zero-order chi connectivity index (χ0) is 16.9. The highest BCUT2D eigenvalue weighted by Gasteiger charge is 2.12. The lowest BCUT2D eigenvalue weighted by Crippen LogP contribution is -2.15. The van der Waals surface area contributed by atoms with Gasteiger partial charge in [-0.2, -0.15) is 0 Å². The molecule has 24 heavy (non-hydrogen) atoms. The van der Waals surface area contributed by atoms with Crippen LogP contribution in [0.5, 0.6) is 17.2 Å². The highest BCUT2D eigenvalue weighted by Crippen LogP contribution is 2.31. The zero-order valence-electron chi connectivity index (χ0n) is 13.5. The Morgan fingerprint density at radius 3 is 2.67 bits per heavy atom. The van der Waals surface area contributed by atoms with Crippen LogP contribution in [0.15, 0.2) is 41.6 Å². The van der Waals surface area contributed by atoms with E-state index in [0.29, 0.717) is 30.2 Å². The Morgan fingerprint density at radius 1 is 1.12 bits per heavy atom. The van der Waals surface area contributed by atoms with Crippen LogP contribution in [0.4, 0.5) is 4.39 Å². The van der Waals surface area contributed by atoms with Crippen LogP contribution in [0.2, 0.25) is 0 Å². The van der Waals surface area contributed by atoms with E-state index in [1.807, 2.05) is 25.1 Å².